The Morgan fingerprint density at radius 1 is 1.20 bits per heavy atom. The Kier molecular flexibility index (Phi) is 8.01. The zero-order chi connectivity index (χ0) is 21.3. The van der Waals surface area contributed by atoms with Crippen LogP contribution in [-0.2, 0) is 4.74 Å². The molecule has 0 bridgehead atoms. The number of carbonyl (C=O) groups excluding carboxylic acids is 2. The van der Waals surface area contributed by atoms with Gasteiger partial charge in [-0.05, 0) is 55.7 Å². The number of aliphatic hydroxyl groups excluding tert-OH is 1. The molecule has 0 radical (unpaired) electrons. The fourth-order valence-electron chi connectivity index (χ4n) is 3.31. The van der Waals surface area contributed by atoms with Gasteiger partial charge in [0.25, 0.3) is 5.91 Å². The number of carbonyl (C=O) groups is 2. The highest BCUT2D eigenvalue weighted by atomic mass is 35.5. The summed E-state index contributed by atoms with van der Waals surface area (Å²) in [6.45, 7) is 0.230. The quantitative estimate of drug-likeness (QED) is 0.537. The van der Waals surface area contributed by atoms with Crippen molar-refractivity contribution < 1.29 is 19.4 Å². The third-order valence-corrected chi connectivity index (χ3v) is 5.14. The van der Waals surface area contributed by atoms with E-state index in [1.807, 2.05) is 0 Å². The van der Waals surface area contributed by atoms with E-state index in [-0.39, 0.29) is 30.7 Å². The molecule has 1 aliphatic rings. The molecular weight excluding hydrogens is 408 g/mol. The molecule has 0 spiro atoms. The number of hydrogen-bond donors (Lipinski definition) is 4. The number of aromatic nitrogens is 1. The number of pyridine rings is 1. The predicted octanol–water partition coefficient (Wildman–Crippen LogP) is 2.59. The molecule has 1 saturated heterocycles. The highest BCUT2D eigenvalue weighted by Crippen LogP contribution is 2.22. The maximum absolute atomic E-state index is 12.3. The molecule has 1 aromatic carbocycles. The first-order valence-electron chi connectivity index (χ1n) is 9.83. The van der Waals surface area contributed by atoms with Crippen LogP contribution in [0.15, 0.2) is 48.8 Å². The molecule has 1 aliphatic heterocycles. The Labute approximate surface area is 180 Å². The number of urea groups is 1. The first-order chi connectivity index (χ1) is 14.5. The Morgan fingerprint density at radius 2 is 2.00 bits per heavy atom. The maximum Gasteiger partial charge on any atom is 0.319 e. The highest BCUT2D eigenvalue weighted by Gasteiger charge is 2.32. The van der Waals surface area contributed by atoms with Gasteiger partial charge in [0.05, 0.1) is 24.3 Å². The lowest BCUT2D eigenvalue weighted by atomic mass is 9.97. The maximum atomic E-state index is 12.3. The van der Waals surface area contributed by atoms with Crippen molar-refractivity contribution in [1.29, 1.82) is 0 Å². The number of rotatable bonds is 7. The summed E-state index contributed by atoms with van der Waals surface area (Å²) in [4.78, 5) is 28.2. The third kappa shape index (κ3) is 6.41. The molecule has 160 valence electrons. The van der Waals surface area contributed by atoms with Crippen molar-refractivity contribution in [2.45, 2.75) is 37.5 Å². The van der Waals surface area contributed by atoms with E-state index in [0.717, 1.165) is 6.42 Å². The Hall–Kier alpha value is -2.68. The van der Waals surface area contributed by atoms with Crippen molar-refractivity contribution in [3.63, 3.8) is 0 Å². The molecule has 3 amide bonds. The number of hydrogen-bond acceptors (Lipinski definition) is 5. The second-order valence-electron chi connectivity index (χ2n) is 7.05. The standard InChI is InChI=1S/C21H25ClN4O4/c22-15-3-5-16(6-4-15)25-21(29)24-11-9-17-7-8-18(19(13-27)30-17)26-20(28)14-2-1-10-23-12-14/h1-6,10,12,17-19,27H,7-9,11,13H2,(H,26,28)(H2,24,25,29)/t17-,18+,19+/m0/s1. The Bertz CT molecular complexity index is 835. The van der Waals surface area contributed by atoms with Gasteiger partial charge < -0.3 is 25.8 Å². The van der Waals surface area contributed by atoms with Gasteiger partial charge in [0, 0.05) is 29.6 Å². The van der Waals surface area contributed by atoms with Gasteiger partial charge in [-0.3, -0.25) is 9.78 Å². The lowest BCUT2D eigenvalue weighted by molar-refractivity contribution is -0.0892. The summed E-state index contributed by atoms with van der Waals surface area (Å²) in [5, 5.41) is 18.7. The Balaban J connectivity index is 1.40. The zero-order valence-electron chi connectivity index (χ0n) is 16.4. The largest absolute Gasteiger partial charge is 0.394 e. The summed E-state index contributed by atoms with van der Waals surface area (Å²) in [6.07, 6.45) is 4.50. The molecule has 1 fully saturated rings. The fourth-order valence-corrected chi connectivity index (χ4v) is 3.44. The van der Waals surface area contributed by atoms with Crippen LogP contribution in [0.1, 0.15) is 29.6 Å². The minimum atomic E-state index is -0.493. The lowest BCUT2D eigenvalue weighted by Crippen LogP contribution is -2.51. The minimum absolute atomic E-state index is 0.107. The highest BCUT2D eigenvalue weighted by molar-refractivity contribution is 6.30. The molecule has 2 heterocycles. The minimum Gasteiger partial charge on any atom is -0.394 e. The molecule has 0 unspecified atom stereocenters. The van der Waals surface area contributed by atoms with E-state index >= 15 is 0 Å². The average Bonchev–Trinajstić information content (AvgIpc) is 2.77. The van der Waals surface area contributed by atoms with Gasteiger partial charge in [-0.1, -0.05) is 11.6 Å². The molecule has 3 rings (SSSR count). The number of nitrogens with one attached hydrogen (secondary N) is 3. The van der Waals surface area contributed by atoms with Crippen LogP contribution in [-0.4, -0.2) is 53.4 Å². The molecule has 3 atom stereocenters. The number of benzene rings is 1. The topological polar surface area (TPSA) is 113 Å². The lowest BCUT2D eigenvalue weighted by Gasteiger charge is -2.36. The SMILES string of the molecule is O=C(NCC[C@@H]1CC[C@@H](NC(=O)c2cccnc2)[C@@H](CO)O1)Nc1ccc(Cl)cc1. The van der Waals surface area contributed by atoms with Crippen LogP contribution in [0.5, 0.6) is 0 Å². The van der Waals surface area contributed by atoms with E-state index in [1.165, 1.54) is 6.20 Å². The molecule has 1 aromatic heterocycles. The van der Waals surface area contributed by atoms with E-state index < -0.39 is 6.10 Å². The average molecular weight is 433 g/mol. The van der Waals surface area contributed by atoms with Crippen LogP contribution in [0.3, 0.4) is 0 Å². The third-order valence-electron chi connectivity index (χ3n) is 4.89. The van der Waals surface area contributed by atoms with Crippen molar-refractivity contribution in [1.82, 2.24) is 15.6 Å². The zero-order valence-corrected chi connectivity index (χ0v) is 17.1. The molecule has 30 heavy (non-hydrogen) atoms. The number of amides is 3. The predicted molar refractivity (Wildman–Crippen MR) is 114 cm³/mol. The van der Waals surface area contributed by atoms with Crippen LogP contribution in [0.4, 0.5) is 10.5 Å². The summed E-state index contributed by atoms with van der Waals surface area (Å²) in [7, 11) is 0. The number of nitrogens with zero attached hydrogens (tertiary/aromatic N) is 1. The van der Waals surface area contributed by atoms with Gasteiger partial charge in [0.1, 0.15) is 6.10 Å². The smallest absolute Gasteiger partial charge is 0.319 e. The molecule has 0 saturated carbocycles. The molecule has 0 aliphatic carbocycles. The van der Waals surface area contributed by atoms with Crippen molar-refractivity contribution in [2.75, 3.05) is 18.5 Å². The summed E-state index contributed by atoms with van der Waals surface area (Å²) < 4.78 is 5.93. The van der Waals surface area contributed by atoms with Gasteiger partial charge in [0.15, 0.2) is 0 Å². The summed E-state index contributed by atoms with van der Waals surface area (Å²) >= 11 is 5.82. The Morgan fingerprint density at radius 3 is 2.70 bits per heavy atom. The van der Waals surface area contributed by atoms with Crippen molar-refractivity contribution in [2.24, 2.45) is 0 Å². The van der Waals surface area contributed by atoms with E-state index in [1.54, 1.807) is 42.6 Å². The summed E-state index contributed by atoms with van der Waals surface area (Å²) in [6, 6.07) is 9.63. The first kappa shape index (κ1) is 22.0. The summed E-state index contributed by atoms with van der Waals surface area (Å²) in [5.74, 6) is -0.242. The van der Waals surface area contributed by atoms with Gasteiger partial charge >= 0.3 is 6.03 Å². The van der Waals surface area contributed by atoms with Gasteiger partial charge in [-0.2, -0.15) is 0 Å². The van der Waals surface area contributed by atoms with Crippen LogP contribution in [0, 0.1) is 0 Å². The normalized spacial score (nSPS) is 20.9. The van der Waals surface area contributed by atoms with Gasteiger partial charge in [-0.25, -0.2) is 4.79 Å². The molecule has 2 aromatic rings. The van der Waals surface area contributed by atoms with E-state index in [2.05, 4.69) is 20.9 Å². The van der Waals surface area contributed by atoms with Gasteiger partial charge in [-0.15, -0.1) is 0 Å². The van der Waals surface area contributed by atoms with E-state index in [9.17, 15) is 14.7 Å². The van der Waals surface area contributed by atoms with Crippen LogP contribution >= 0.6 is 11.6 Å². The number of ether oxygens (including phenoxy) is 1. The van der Waals surface area contributed by atoms with Crippen LogP contribution in [0.25, 0.3) is 0 Å². The number of halogens is 1. The molecule has 4 N–H and O–H groups in total. The van der Waals surface area contributed by atoms with Crippen molar-refractivity contribution in [3.8, 4) is 0 Å². The summed E-state index contributed by atoms with van der Waals surface area (Å²) in [5.41, 5.74) is 1.12. The van der Waals surface area contributed by atoms with Crippen molar-refractivity contribution >= 4 is 29.2 Å². The number of anilines is 1. The first-order valence-corrected chi connectivity index (χ1v) is 10.2. The van der Waals surface area contributed by atoms with Crippen LogP contribution < -0.4 is 16.0 Å². The fraction of sp³-hybridized carbons (Fsp3) is 0.381. The molecule has 8 nitrogen and oxygen atoms in total. The molecular formula is C21H25ClN4O4. The number of aliphatic hydroxyl groups is 1. The van der Waals surface area contributed by atoms with E-state index in [0.29, 0.717) is 35.7 Å². The monoisotopic (exact) mass is 432 g/mol. The van der Waals surface area contributed by atoms with E-state index in [4.69, 9.17) is 16.3 Å². The van der Waals surface area contributed by atoms with Crippen molar-refractivity contribution in [3.05, 3.63) is 59.4 Å². The second-order valence-corrected chi connectivity index (χ2v) is 7.49. The van der Waals surface area contributed by atoms with Crippen LogP contribution in [0.2, 0.25) is 5.02 Å². The second kappa shape index (κ2) is 10.9. The molecule has 9 heteroatoms. The van der Waals surface area contributed by atoms with Gasteiger partial charge in [0.2, 0.25) is 0 Å².